The van der Waals surface area contributed by atoms with Gasteiger partial charge in [0.25, 0.3) is 5.69 Å². The average Bonchev–Trinajstić information content (AvgIpc) is 2.76. The molecule has 1 fully saturated rings. The van der Waals surface area contributed by atoms with Crippen molar-refractivity contribution in [2.75, 3.05) is 18.5 Å². The van der Waals surface area contributed by atoms with Crippen LogP contribution in [-0.2, 0) is 9.53 Å². The van der Waals surface area contributed by atoms with E-state index in [9.17, 15) is 19.3 Å². The molecule has 0 spiro atoms. The minimum absolute atomic E-state index is 0.0599. The molecule has 2 N–H and O–H groups in total. The van der Waals surface area contributed by atoms with E-state index in [0.717, 1.165) is 18.2 Å². The largest absolute Gasteiger partial charge is 0.481 e. The number of benzene rings is 1. The number of anilines is 1. The van der Waals surface area contributed by atoms with Gasteiger partial charge in [-0.15, -0.1) is 0 Å². The predicted octanol–water partition coefficient (Wildman–Crippen LogP) is 1.25. The van der Waals surface area contributed by atoms with Crippen LogP contribution in [0.3, 0.4) is 0 Å². The standard InChI is InChI=1S/C11H11FN2O5/c12-6-1-7(3-8(2-6)14(17)18)13-10-5-19-4-9(10)11(15)16/h1-3,9-10,13H,4-5H2,(H,15,16). The van der Waals surface area contributed by atoms with Crippen LogP contribution < -0.4 is 5.32 Å². The molecular weight excluding hydrogens is 259 g/mol. The summed E-state index contributed by atoms with van der Waals surface area (Å²) in [5, 5.41) is 22.3. The van der Waals surface area contributed by atoms with Crippen LogP contribution in [0.5, 0.6) is 0 Å². The minimum Gasteiger partial charge on any atom is -0.481 e. The lowest BCUT2D eigenvalue weighted by Crippen LogP contribution is -2.33. The van der Waals surface area contributed by atoms with Crippen LogP contribution in [0.1, 0.15) is 0 Å². The van der Waals surface area contributed by atoms with E-state index in [1.807, 2.05) is 0 Å². The number of hydrogen-bond donors (Lipinski definition) is 2. The molecule has 2 atom stereocenters. The van der Waals surface area contributed by atoms with E-state index in [4.69, 9.17) is 9.84 Å². The number of nitro groups is 1. The molecule has 0 amide bonds. The molecule has 1 aromatic rings. The molecule has 7 nitrogen and oxygen atoms in total. The number of carboxylic acids is 1. The van der Waals surface area contributed by atoms with Gasteiger partial charge >= 0.3 is 5.97 Å². The maximum absolute atomic E-state index is 13.2. The zero-order chi connectivity index (χ0) is 14.0. The van der Waals surface area contributed by atoms with Gasteiger partial charge < -0.3 is 15.2 Å². The van der Waals surface area contributed by atoms with Gasteiger partial charge in [-0.3, -0.25) is 14.9 Å². The lowest BCUT2D eigenvalue weighted by molar-refractivity contribution is -0.385. The summed E-state index contributed by atoms with van der Waals surface area (Å²) in [5.74, 6) is -2.55. The molecule has 1 aromatic carbocycles. The Labute approximate surface area is 107 Å². The van der Waals surface area contributed by atoms with Gasteiger partial charge in [-0.05, 0) is 6.07 Å². The SMILES string of the molecule is O=C(O)C1COCC1Nc1cc(F)cc([N+](=O)[O-])c1. The van der Waals surface area contributed by atoms with Crippen molar-refractivity contribution >= 4 is 17.3 Å². The van der Waals surface area contributed by atoms with Crippen LogP contribution in [0.25, 0.3) is 0 Å². The number of halogens is 1. The van der Waals surface area contributed by atoms with Crippen molar-refractivity contribution in [3.8, 4) is 0 Å². The van der Waals surface area contributed by atoms with E-state index >= 15 is 0 Å². The van der Waals surface area contributed by atoms with Crippen molar-refractivity contribution in [3.63, 3.8) is 0 Å². The number of aliphatic carboxylic acids is 1. The molecule has 1 heterocycles. The number of nitrogens with one attached hydrogen (secondary N) is 1. The Kier molecular flexibility index (Phi) is 3.61. The number of nitro benzene ring substituents is 1. The van der Waals surface area contributed by atoms with Crippen molar-refractivity contribution in [1.82, 2.24) is 0 Å². The normalized spacial score (nSPS) is 22.2. The fourth-order valence-corrected chi connectivity index (χ4v) is 1.92. The highest BCUT2D eigenvalue weighted by Gasteiger charge is 2.34. The summed E-state index contributed by atoms with van der Waals surface area (Å²) in [6.45, 7) is 0.214. The molecule has 1 aliphatic heterocycles. The highest BCUT2D eigenvalue weighted by molar-refractivity contribution is 5.72. The highest BCUT2D eigenvalue weighted by atomic mass is 19.1. The minimum atomic E-state index is -1.03. The van der Waals surface area contributed by atoms with Crippen molar-refractivity contribution < 1.29 is 24.0 Å². The van der Waals surface area contributed by atoms with Gasteiger partial charge in [0.1, 0.15) is 11.7 Å². The smallest absolute Gasteiger partial charge is 0.311 e. The van der Waals surface area contributed by atoms with Gasteiger partial charge in [-0.2, -0.15) is 0 Å². The molecule has 1 aliphatic rings. The third-order valence-corrected chi connectivity index (χ3v) is 2.84. The first-order valence-corrected chi connectivity index (χ1v) is 5.49. The van der Waals surface area contributed by atoms with E-state index in [2.05, 4.69) is 5.32 Å². The first kappa shape index (κ1) is 13.2. The topological polar surface area (TPSA) is 102 Å². The van der Waals surface area contributed by atoms with Crippen LogP contribution in [-0.4, -0.2) is 35.3 Å². The van der Waals surface area contributed by atoms with Gasteiger partial charge in [0.15, 0.2) is 0 Å². The molecule has 0 aromatic heterocycles. The maximum Gasteiger partial charge on any atom is 0.311 e. The van der Waals surface area contributed by atoms with Crippen LogP contribution in [0.2, 0.25) is 0 Å². The van der Waals surface area contributed by atoms with Gasteiger partial charge in [0.2, 0.25) is 0 Å². The summed E-state index contributed by atoms with van der Waals surface area (Å²) in [6.07, 6.45) is 0. The predicted molar refractivity (Wildman–Crippen MR) is 62.4 cm³/mol. The molecule has 2 unspecified atom stereocenters. The fourth-order valence-electron chi connectivity index (χ4n) is 1.92. The van der Waals surface area contributed by atoms with Crippen LogP contribution in [0, 0.1) is 21.8 Å². The molecule has 1 saturated heterocycles. The summed E-state index contributed by atoms with van der Waals surface area (Å²) in [6, 6.07) is 2.48. The number of ether oxygens (including phenoxy) is 1. The first-order chi connectivity index (χ1) is 8.97. The first-order valence-electron chi connectivity index (χ1n) is 5.49. The third kappa shape index (κ3) is 2.97. The summed E-state index contributed by atoms with van der Waals surface area (Å²) in [5.41, 5.74) is -0.234. The van der Waals surface area contributed by atoms with E-state index in [1.54, 1.807) is 0 Å². The highest BCUT2D eigenvalue weighted by Crippen LogP contribution is 2.24. The third-order valence-electron chi connectivity index (χ3n) is 2.84. The van der Waals surface area contributed by atoms with Crippen molar-refractivity contribution in [3.05, 3.63) is 34.1 Å². The molecule has 0 saturated carbocycles. The van der Waals surface area contributed by atoms with E-state index in [-0.39, 0.29) is 18.9 Å². The lowest BCUT2D eigenvalue weighted by Gasteiger charge is -2.16. The number of hydrogen-bond acceptors (Lipinski definition) is 5. The van der Waals surface area contributed by atoms with Gasteiger partial charge in [0.05, 0.1) is 30.2 Å². The van der Waals surface area contributed by atoms with Crippen LogP contribution in [0.4, 0.5) is 15.8 Å². The summed E-state index contributed by atoms with van der Waals surface area (Å²) in [4.78, 5) is 20.8. The zero-order valence-corrected chi connectivity index (χ0v) is 9.71. The Morgan fingerprint density at radius 1 is 1.47 bits per heavy atom. The number of rotatable bonds is 4. The zero-order valence-electron chi connectivity index (χ0n) is 9.71. The van der Waals surface area contributed by atoms with Crippen molar-refractivity contribution in [2.24, 2.45) is 5.92 Å². The van der Waals surface area contributed by atoms with Gasteiger partial charge in [0, 0.05) is 11.8 Å². The number of carboxylic acid groups (broad SMARTS) is 1. The molecule has 0 radical (unpaired) electrons. The molecule has 0 bridgehead atoms. The maximum atomic E-state index is 13.2. The number of carbonyl (C=O) groups is 1. The Morgan fingerprint density at radius 3 is 2.84 bits per heavy atom. The summed E-state index contributed by atoms with van der Waals surface area (Å²) < 4.78 is 18.3. The lowest BCUT2D eigenvalue weighted by atomic mass is 10.0. The average molecular weight is 270 g/mol. The van der Waals surface area contributed by atoms with Crippen LogP contribution >= 0.6 is 0 Å². The van der Waals surface area contributed by atoms with Gasteiger partial charge in [-0.25, -0.2) is 4.39 Å². The van der Waals surface area contributed by atoms with Crippen molar-refractivity contribution in [2.45, 2.75) is 6.04 Å². The Balaban J connectivity index is 2.19. The fraction of sp³-hybridized carbons (Fsp3) is 0.364. The Bertz CT molecular complexity index is 522. The second-order valence-electron chi connectivity index (χ2n) is 4.19. The van der Waals surface area contributed by atoms with Gasteiger partial charge in [-0.1, -0.05) is 0 Å². The summed E-state index contributed by atoms with van der Waals surface area (Å²) >= 11 is 0. The quantitative estimate of drug-likeness (QED) is 0.630. The summed E-state index contributed by atoms with van der Waals surface area (Å²) in [7, 11) is 0. The molecule has 0 aliphatic carbocycles. The molecule has 102 valence electrons. The van der Waals surface area contributed by atoms with Crippen LogP contribution in [0.15, 0.2) is 18.2 Å². The molecule has 2 rings (SSSR count). The second-order valence-corrected chi connectivity index (χ2v) is 4.19. The molecule has 8 heteroatoms. The van der Waals surface area contributed by atoms with E-state index in [0.29, 0.717) is 0 Å². The molecule has 19 heavy (non-hydrogen) atoms. The van der Waals surface area contributed by atoms with Crippen molar-refractivity contribution in [1.29, 1.82) is 0 Å². The second kappa shape index (κ2) is 5.19. The van der Waals surface area contributed by atoms with E-state index in [1.165, 1.54) is 0 Å². The number of non-ortho nitro benzene ring substituents is 1. The number of nitrogens with zero attached hydrogens (tertiary/aromatic N) is 1. The Morgan fingerprint density at radius 2 is 2.21 bits per heavy atom. The molecular formula is C11H11FN2O5. The Hall–Kier alpha value is -2.22. The van der Waals surface area contributed by atoms with E-state index < -0.39 is 34.4 Å². The monoisotopic (exact) mass is 270 g/mol.